The maximum Gasteiger partial charge on any atom is 0.437 e. The number of fused-ring (bicyclic) bond motifs is 1. The molecular formula is C17H14N6O6. The highest BCUT2D eigenvalue weighted by atomic mass is 16.6. The molecule has 0 aliphatic heterocycles. The summed E-state index contributed by atoms with van der Waals surface area (Å²) >= 11 is 0. The van der Waals surface area contributed by atoms with E-state index in [1.807, 2.05) is 0 Å². The molecule has 4 rings (SSSR count). The molecule has 0 fully saturated rings. The monoisotopic (exact) mass is 398 g/mol. The lowest BCUT2D eigenvalue weighted by atomic mass is 10.1. The van der Waals surface area contributed by atoms with E-state index < -0.39 is 22.1 Å². The molecule has 0 spiro atoms. The van der Waals surface area contributed by atoms with E-state index in [0.29, 0.717) is 22.8 Å². The first-order valence-electron chi connectivity index (χ1n) is 8.33. The van der Waals surface area contributed by atoms with E-state index in [2.05, 4.69) is 15.1 Å². The van der Waals surface area contributed by atoms with Crippen LogP contribution in [0.1, 0.15) is 5.69 Å². The highest BCUT2D eigenvalue weighted by Crippen LogP contribution is 2.26. The van der Waals surface area contributed by atoms with Crippen LogP contribution >= 0.6 is 0 Å². The topological polar surface area (TPSA) is 151 Å². The van der Waals surface area contributed by atoms with E-state index in [1.165, 1.54) is 7.05 Å². The number of imidazole rings is 1. The quantitative estimate of drug-likeness (QED) is 0.387. The number of nitrogens with zero attached hydrogens (tertiary/aromatic N) is 5. The molecule has 0 saturated carbocycles. The number of aromatic nitrogens is 5. The summed E-state index contributed by atoms with van der Waals surface area (Å²) in [4.78, 5) is 40.7. The molecule has 3 heterocycles. The maximum absolute atomic E-state index is 12.3. The number of rotatable bonds is 5. The van der Waals surface area contributed by atoms with E-state index in [0.717, 1.165) is 9.13 Å². The van der Waals surface area contributed by atoms with E-state index in [-0.39, 0.29) is 17.7 Å². The first kappa shape index (κ1) is 18.2. The molecule has 0 aliphatic rings. The number of nitro groups is 1. The Bertz CT molecular complexity index is 1360. The zero-order chi connectivity index (χ0) is 20.7. The van der Waals surface area contributed by atoms with Crippen molar-refractivity contribution in [1.82, 2.24) is 24.3 Å². The van der Waals surface area contributed by atoms with Crippen LogP contribution in [-0.2, 0) is 13.6 Å². The molecule has 0 saturated heterocycles. The number of ether oxygens (including phenoxy) is 1. The Hall–Kier alpha value is -4.22. The van der Waals surface area contributed by atoms with Gasteiger partial charge in [-0.1, -0.05) is 17.3 Å². The molecular weight excluding hydrogens is 384 g/mol. The highest BCUT2D eigenvalue weighted by molar-refractivity contribution is 5.72. The summed E-state index contributed by atoms with van der Waals surface area (Å²) in [6.07, 6.45) is 0. The predicted molar refractivity (Wildman–Crippen MR) is 99.8 cm³/mol. The number of hydrogen-bond donors (Lipinski definition) is 1. The summed E-state index contributed by atoms with van der Waals surface area (Å²) in [7, 11) is 2.90. The van der Waals surface area contributed by atoms with Crippen molar-refractivity contribution in [3.63, 3.8) is 0 Å². The average molecular weight is 398 g/mol. The van der Waals surface area contributed by atoms with Gasteiger partial charge in [0.25, 0.3) is 11.2 Å². The Labute approximate surface area is 161 Å². The number of aryl methyl sites for hydroxylation is 1. The van der Waals surface area contributed by atoms with Gasteiger partial charge in [-0.05, 0) is 22.0 Å². The van der Waals surface area contributed by atoms with Crippen molar-refractivity contribution in [2.75, 3.05) is 7.11 Å². The third-order valence-electron chi connectivity index (χ3n) is 4.38. The predicted octanol–water partition coefficient (Wildman–Crippen LogP) is 1.04. The van der Waals surface area contributed by atoms with Gasteiger partial charge >= 0.3 is 11.6 Å². The average Bonchev–Trinajstić information content (AvgIpc) is 3.32. The summed E-state index contributed by atoms with van der Waals surface area (Å²) < 4.78 is 12.6. The van der Waals surface area contributed by atoms with Gasteiger partial charge in [0.05, 0.1) is 7.11 Å². The van der Waals surface area contributed by atoms with E-state index in [4.69, 9.17) is 9.26 Å². The van der Waals surface area contributed by atoms with Crippen LogP contribution < -0.4 is 16.0 Å². The Morgan fingerprint density at radius 3 is 2.83 bits per heavy atom. The molecule has 0 unspecified atom stereocenters. The first-order chi connectivity index (χ1) is 13.9. The number of nitrogens with one attached hydrogen (secondary N) is 1. The second-order valence-electron chi connectivity index (χ2n) is 6.16. The van der Waals surface area contributed by atoms with Gasteiger partial charge in [0.2, 0.25) is 5.52 Å². The molecule has 0 bridgehead atoms. The fourth-order valence-corrected chi connectivity index (χ4v) is 2.97. The molecule has 148 valence electrons. The van der Waals surface area contributed by atoms with Crippen molar-refractivity contribution in [3.8, 4) is 17.1 Å². The molecule has 12 heteroatoms. The molecule has 0 amide bonds. The van der Waals surface area contributed by atoms with Crippen molar-refractivity contribution in [3.05, 3.63) is 67.0 Å². The Balaban J connectivity index is 1.81. The van der Waals surface area contributed by atoms with Crippen molar-refractivity contribution in [1.29, 1.82) is 0 Å². The second-order valence-corrected chi connectivity index (χ2v) is 6.16. The first-order valence-corrected chi connectivity index (χ1v) is 8.33. The molecule has 29 heavy (non-hydrogen) atoms. The third-order valence-corrected chi connectivity index (χ3v) is 4.38. The van der Waals surface area contributed by atoms with Crippen LogP contribution in [0.2, 0.25) is 0 Å². The summed E-state index contributed by atoms with van der Waals surface area (Å²) in [5, 5.41) is 15.4. The lowest BCUT2D eigenvalue weighted by Gasteiger charge is -2.00. The van der Waals surface area contributed by atoms with Crippen molar-refractivity contribution in [2.24, 2.45) is 7.05 Å². The number of aromatic amines is 1. The highest BCUT2D eigenvalue weighted by Gasteiger charge is 2.28. The van der Waals surface area contributed by atoms with Gasteiger partial charge < -0.3 is 19.4 Å². The lowest BCUT2D eigenvalue weighted by Crippen LogP contribution is -2.29. The zero-order valence-corrected chi connectivity index (χ0v) is 15.3. The van der Waals surface area contributed by atoms with Crippen LogP contribution in [-0.4, -0.2) is 36.3 Å². The molecule has 4 aromatic rings. The minimum absolute atomic E-state index is 0.0954. The molecule has 1 N–H and O–H groups in total. The zero-order valence-electron chi connectivity index (χ0n) is 15.3. The molecule has 1 aromatic carbocycles. The Morgan fingerprint density at radius 1 is 1.31 bits per heavy atom. The Morgan fingerprint density at radius 2 is 2.10 bits per heavy atom. The Kier molecular flexibility index (Phi) is 4.22. The van der Waals surface area contributed by atoms with Crippen LogP contribution in [0.4, 0.5) is 5.95 Å². The van der Waals surface area contributed by atoms with Crippen LogP contribution in [0.15, 0.2) is 44.4 Å². The third kappa shape index (κ3) is 3.05. The largest absolute Gasteiger partial charge is 0.497 e. The number of benzene rings is 1. The fraction of sp³-hybridized carbons (Fsp3) is 0.176. The molecule has 12 nitrogen and oxygen atoms in total. The number of methoxy groups -OCH3 is 1. The molecule has 0 radical (unpaired) electrons. The minimum atomic E-state index is -0.778. The second kappa shape index (κ2) is 6.74. The smallest absolute Gasteiger partial charge is 0.437 e. The van der Waals surface area contributed by atoms with Gasteiger partial charge in [0.1, 0.15) is 18.0 Å². The minimum Gasteiger partial charge on any atom is -0.497 e. The maximum atomic E-state index is 12.3. The van der Waals surface area contributed by atoms with Crippen LogP contribution in [0.25, 0.3) is 22.5 Å². The van der Waals surface area contributed by atoms with Gasteiger partial charge in [-0.25, -0.2) is 9.36 Å². The standard InChI is InChI=1S/C17H14N6O6/c1-21-14-13(15(24)19-17(21)25)22(16(18-14)23(26)27)8-10-7-12(29-20-10)9-4-3-5-11(6-9)28-2/h3-7H,8H2,1-2H3,(H,19,24,25). The summed E-state index contributed by atoms with van der Waals surface area (Å²) in [6.45, 7) is -0.151. The van der Waals surface area contributed by atoms with E-state index in [1.54, 1.807) is 37.4 Å². The summed E-state index contributed by atoms with van der Waals surface area (Å²) in [5.74, 6) is 0.467. The van der Waals surface area contributed by atoms with Crippen molar-refractivity contribution < 1.29 is 14.2 Å². The van der Waals surface area contributed by atoms with E-state index in [9.17, 15) is 19.7 Å². The van der Waals surface area contributed by atoms with Crippen LogP contribution in [0, 0.1) is 10.1 Å². The van der Waals surface area contributed by atoms with Crippen molar-refractivity contribution >= 4 is 17.1 Å². The normalized spacial score (nSPS) is 11.1. The molecule has 0 atom stereocenters. The lowest BCUT2D eigenvalue weighted by molar-refractivity contribution is -0.396. The van der Waals surface area contributed by atoms with Gasteiger partial charge in [0, 0.05) is 18.7 Å². The van der Waals surface area contributed by atoms with Gasteiger partial charge in [-0.15, -0.1) is 0 Å². The van der Waals surface area contributed by atoms with Gasteiger partial charge in [-0.2, -0.15) is 0 Å². The summed E-state index contributed by atoms with van der Waals surface area (Å²) in [5.41, 5.74) is -0.664. The SMILES string of the molecule is COc1cccc(-c2cc(Cn3c([N+](=O)[O-])nc4c3c(=O)[nH]c(=O)n4C)no2)c1. The fourth-order valence-electron chi connectivity index (χ4n) is 2.97. The molecule has 3 aromatic heterocycles. The van der Waals surface area contributed by atoms with E-state index >= 15 is 0 Å². The van der Waals surface area contributed by atoms with Crippen LogP contribution in [0.5, 0.6) is 5.75 Å². The number of H-pyrrole nitrogens is 1. The summed E-state index contributed by atoms with van der Waals surface area (Å²) in [6, 6.07) is 8.70. The van der Waals surface area contributed by atoms with Gasteiger partial charge in [0.15, 0.2) is 5.76 Å². The van der Waals surface area contributed by atoms with Crippen LogP contribution in [0.3, 0.4) is 0 Å². The molecule has 0 aliphatic carbocycles. The van der Waals surface area contributed by atoms with Gasteiger partial charge in [-0.3, -0.25) is 14.3 Å². The van der Waals surface area contributed by atoms with Crippen molar-refractivity contribution in [2.45, 2.75) is 6.54 Å². The number of hydrogen-bond acceptors (Lipinski definition) is 8.